The Morgan fingerprint density at radius 1 is 1.35 bits per heavy atom. The zero-order chi connectivity index (χ0) is 13.9. The van der Waals surface area contributed by atoms with Crippen molar-refractivity contribution in [2.24, 2.45) is 16.6 Å². The third-order valence-corrected chi connectivity index (χ3v) is 3.77. The molecule has 0 atom stereocenters. The number of hydrogen-bond donors (Lipinski definition) is 1. The molecule has 106 valence electrons. The zero-order valence-corrected chi connectivity index (χ0v) is 11.3. The molecule has 20 heavy (non-hydrogen) atoms. The van der Waals surface area contributed by atoms with E-state index in [1.807, 2.05) is 18.2 Å². The number of rotatable bonds is 3. The summed E-state index contributed by atoms with van der Waals surface area (Å²) in [7, 11) is 0. The Morgan fingerprint density at radius 3 is 2.95 bits per heavy atom. The number of hydrogen-bond acceptors (Lipinski definition) is 4. The summed E-state index contributed by atoms with van der Waals surface area (Å²) in [5.74, 6) is 1.31. The number of amidine groups is 1. The molecule has 0 spiro atoms. The molecular formula is C15H18N2O3. The molecule has 0 aromatic heterocycles. The van der Waals surface area contributed by atoms with Crippen LogP contribution in [0.25, 0.3) is 0 Å². The molecule has 0 bridgehead atoms. The van der Waals surface area contributed by atoms with Crippen LogP contribution in [0.15, 0.2) is 23.2 Å². The van der Waals surface area contributed by atoms with Crippen LogP contribution in [-0.4, -0.2) is 31.6 Å². The largest absolute Gasteiger partial charge is 0.493 e. The number of nitrogens with two attached hydrogens (primary N) is 1. The SMILES string of the molecule is NC1=NC(=O)Cc2cccc(OCC3CCOCC3)c21. The highest BCUT2D eigenvalue weighted by molar-refractivity contribution is 6.10. The fourth-order valence-corrected chi connectivity index (χ4v) is 2.65. The van der Waals surface area contributed by atoms with Crippen LogP contribution in [-0.2, 0) is 16.0 Å². The van der Waals surface area contributed by atoms with Crippen molar-refractivity contribution >= 4 is 11.7 Å². The van der Waals surface area contributed by atoms with Crippen molar-refractivity contribution in [3.05, 3.63) is 29.3 Å². The first-order valence-electron chi connectivity index (χ1n) is 6.94. The highest BCUT2D eigenvalue weighted by Gasteiger charge is 2.22. The molecule has 0 aliphatic carbocycles. The fraction of sp³-hybridized carbons (Fsp3) is 0.467. The summed E-state index contributed by atoms with van der Waals surface area (Å²) < 4.78 is 11.3. The number of nitrogens with zero attached hydrogens (tertiary/aromatic N) is 1. The summed E-state index contributed by atoms with van der Waals surface area (Å²) in [5.41, 5.74) is 7.55. The van der Waals surface area contributed by atoms with Crippen LogP contribution in [0.5, 0.6) is 5.75 Å². The Hall–Kier alpha value is -1.88. The van der Waals surface area contributed by atoms with Gasteiger partial charge in [-0.05, 0) is 30.4 Å². The van der Waals surface area contributed by atoms with Gasteiger partial charge in [-0.25, -0.2) is 0 Å². The van der Waals surface area contributed by atoms with Crippen LogP contribution in [0.2, 0.25) is 0 Å². The minimum atomic E-state index is -0.198. The highest BCUT2D eigenvalue weighted by atomic mass is 16.5. The van der Waals surface area contributed by atoms with Gasteiger partial charge in [0.2, 0.25) is 0 Å². The first kappa shape index (κ1) is 13.1. The maximum atomic E-state index is 11.4. The minimum absolute atomic E-state index is 0.198. The molecule has 0 radical (unpaired) electrons. The van der Waals surface area contributed by atoms with E-state index in [9.17, 15) is 4.79 Å². The first-order valence-corrected chi connectivity index (χ1v) is 6.94. The lowest BCUT2D eigenvalue weighted by Crippen LogP contribution is -2.26. The summed E-state index contributed by atoms with van der Waals surface area (Å²) >= 11 is 0. The number of ether oxygens (including phenoxy) is 2. The lowest BCUT2D eigenvalue weighted by molar-refractivity contribution is -0.117. The zero-order valence-electron chi connectivity index (χ0n) is 11.3. The maximum absolute atomic E-state index is 11.4. The smallest absolute Gasteiger partial charge is 0.252 e. The second-order valence-electron chi connectivity index (χ2n) is 5.22. The lowest BCUT2D eigenvalue weighted by atomic mass is 9.99. The highest BCUT2D eigenvalue weighted by Crippen LogP contribution is 2.27. The molecule has 1 fully saturated rings. The van der Waals surface area contributed by atoms with Gasteiger partial charge in [-0.1, -0.05) is 12.1 Å². The van der Waals surface area contributed by atoms with Crippen molar-refractivity contribution < 1.29 is 14.3 Å². The number of aliphatic imine (C=N–C) groups is 1. The topological polar surface area (TPSA) is 73.9 Å². The van der Waals surface area contributed by atoms with E-state index in [0.717, 1.165) is 42.9 Å². The molecule has 2 N–H and O–H groups in total. The Morgan fingerprint density at radius 2 is 2.15 bits per heavy atom. The monoisotopic (exact) mass is 274 g/mol. The van der Waals surface area contributed by atoms with Gasteiger partial charge in [0.15, 0.2) is 0 Å². The van der Waals surface area contributed by atoms with Crippen molar-refractivity contribution in [3.8, 4) is 5.75 Å². The van der Waals surface area contributed by atoms with Crippen molar-refractivity contribution in [1.29, 1.82) is 0 Å². The minimum Gasteiger partial charge on any atom is -0.493 e. The molecule has 5 nitrogen and oxygen atoms in total. The third-order valence-electron chi connectivity index (χ3n) is 3.77. The molecule has 1 saturated heterocycles. The first-order chi connectivity index (χ1) is 9.74. The van der Waals surface area contributed by atoms with Crippen molar-refractivity contribution in [1.82, 2.24) is 0 Å². The van der Waals surface area contributed by atoms with Gasteiger partial charge in [0.05, 0.1) is 18.6 Å². The van der Waals surface area contributed by atoms with Gasteiger partial charge in [-0.15, -0.1) is 0 Å². The van der Waals surface area contributed by atoms with Gasteiger partial charge < -0.3 is 15.2 Å². The summed E-state index contributed by atoms with van der Waals surface area (Å²) in [5, 5.41) is 0. The van der Waals surface area contributed by atoms with E-state index < -0.39 is 0 Å². The van der Waals surface area contributed by atoms with Crippen LogP contribution in [0, 0.1) is 5.92 Å². The molecule has 5 heteroatoms. The second-order valence-corrected chi connectivity index (χ2v) is 5.22. The summed E-state index contributed by atoms with van der Waals surface area (Å²) in [4.78, 5) is 15.3. The fourth-order valence-electron chi connectivity index (χ4n) is 2.65. The Bertz CT molecular complexity index is 548. The molecule has 0 unspecified atom stereocenters. The van der Waals surface area contributed by atoms with Crippen molar-refractivity contribution in [2.75, 3.05) is 19.8 Å². The van der Waals surface area contributed by atoms with Gasteiger partial charge in [-0.3, -0.25) is 4.79 Å². The van der Waals surface area contributed by atoms with Crippen LogP contribution in [0.3, 0.4) is 0 Å². The molecule has 0 saturated carbocycles. The van der Waals surface area contributed by atoms with E-state index in [-0.39, 0.29) is 11.7 Å². The van der Waals surface area contributed by atoms with Crippen LogP contribution in [0.4, 0.5) is 0 Å². The molecule has 2 aliphatic heterocycles. The molecule has 1 aromatic rings. The normalized spacial score (nSPS) is 19.4. The van der Waals surface area contributed by atoms with Crippen LogP contribution in [0.1, 0.15) is 24.0 Å². The average Bonchev–Trinajstić information content (AvgIpc) is 2.45. The number of amides is 1. The molecule has 2 heterocycles. The van der Waals surface area contributed by atoms with Crippen LogP contribution >= 0.6 is 0 Å². The molecule has 1 amide bonds. The third kappa shape index (κ3) is 2.67. The summed E-state index contributed by atoms with van der Waals surface area (Å²) in [6.07, 6.45) is 2.35. The number of fused-ring (bicyclic) bond motifs is 1. The van der Waals surface area contributed by atoms with E-state index in [1.54, 1.807) is 0 Å². The Kier molecular flexibility index (Phi) is 3.69. The van der Waals surface area contributed by atoms with Gasteiger partial charge >= 0.3 is 0 Å². The van der Waals surface area contributed by atoms with E-state index in [4.69, 9.17) is 15.2 Å². The number of benzene rings is 1. The molecule has 2 aliphatic rings. The predicted octanol–water partition coefficient (Wildman–Crippen LogP) is 1.28. The van der Waals surface area contributed by atoms with Crippen LogP contribution < -0.4 is 10.5 Å². The number of carbonyl (C=O) groups excluding carboxylic acids is 1. The van der Waals surface area contributed by atoms with E-state index in [2.05, 4.69) is 4.99 Å². The standard InChI is InChI=1S/C15H18N2O3/c16-15-14-11(8-13(18)17-15)2-1-3-12(14)20-9-10-4-6-19-7-5-10/h1-3,10H,4-9H2,(H2,16,17,18). The Labute approximate surface area is 117 Å². The average molecular weight is 274 g/mol. The van der Waals surface area contributed by atoms with Gasteiger partial charge in [0.1, 0.15) is 11.6 Å². The maximum Gasteiger partial charge on any atom is 0.252 e. The Balaban J connectivity index is 1.76. The summed E-state index contributed by atoms with van der Waals surface area (Å²) in [6.45, 7) is 2.26. The van der Waals surface area contributed by atoms with Gasteiger partial charge in [-0.2, -0.15) is 4.99 Å². The van der Waals surface area contributed by atoms with E-state index >= 15 is 0 Å². The van der Waals surface area contributed by atoms with E-state index in [0.29, 0.717) is 18.9 Å². The predicted molar refractivity (Wildman–Crippen MR) is 74.9 cm³/mol. The molecule has 3 rings (SSSR count). The second kappa shape index (κ2) is 5.63. The van der Waals surface area contributed by atoms with E-state index in [1.165, 1.54) is 0 Å². The molecular weight excluding hydrogens is 256 g/mol. The molecule has 1 aromatic carbocycles. The van der Waals surface area contributed by atoms with Crippen molar-refractivity contribution in [2.45, 2.75) is 19.3 Å². The number of carbonyl (C=O) groups is 1. The van der Waals surface area contributed by atoms with Gasteiger partial charge in [0, 0.05) is 13.2 Å². The summed E-state index contributed by atoms with van der Waals surface area (Å²) in [6, 6.07) is 5.68. The quantitative estimate of drug-likeness (QED) is 0.901. The van der Waals surface area contributed by atoms with Crippen molar-refractivity contribution in [3.63, 3.8) is 0 Å². The van der Waals surface area contributed by atoms with Gasteiger partial charge in [0.25, 0.3) is 5.91 Å². The lowest BCUT2D eigenvalue weighted by Gasteiger charge is -2.23.